The van der Waals surface area contributed by atoms with Gasteiger partial charge in [-0.15, -0.1) is 0 Å². The van der Waals surface area contributed by atoms with Crippen LogP contribution in [0.15, 0.2) is 47.1 Å². The Bertz CT molecular complexity index is 655. The third-order valence-corrected chi connectivity index (χ3v) is 3.65. The highest BCUT2D eigenvalue weighted by molar-refractivity contribution is 6.30. The third-order valence-electron chi connectivity index (χ3n) is 3.42. The van der Waals surface area contributed by atoms with E-state index >= 15 is 0 Å². The van der Waals surface area contributed by atoms with Gasteiger partial charge in [0.15, 0.2) is 0 Å². The van der Waals surface area contributed by atoms with Crippen molar-refractivity contribution < 1.29 is 14.0 Å². The Kier molecular flexibility index (Phi) is 5.22. The highest BCUT2D eigenvalue weighted by Gasteiger charge is 2.19. The molecule has 1 N–H and O–H groups in total. The molecule has 6 heteroatoms. The van der Waals surface area contributed by atoms with Gasteiger partial charge in [-0.25, -0.2) is 0 Å². The summed E-state index contributed by atoms with van der Waals surface area (Å²) in [6.07, 6.45) is 1.56. The summed E-state index contributed by atoms with van der Waals surface area (Å²) in [5.74, 6) is 0.145. The van der Waals surface area contributed by atoms with E-state index in [0.29, 0.717) is 16.3 Å². The van der Waals surface area contributed by atoms with Crippen LogP contribution < -0.4 is 5.32 Å². The number of amides is 2. The maximum Gasteiger partial charge on any atom is 0.251 e. The van der Waals surface area contributed by atoms with Crippen LogP contribution in [0.1, 0.15) is 29.1 Å². The predicted octanol–water partition coefficient (Wildman–Crippen LogP) is 2.88. The minimum atomic E-state index is -0.338. The molecule has 22 heavy (non-hydrogen) atoms. The molecule has 0 saturated heterocycles. The van der Waals surface area contributed by atoms with E-state index in [4.69, 9.17) is 16.0 Å². The number of carbonyl (C=O) groups is 2. The molecule has 0 spiro atoms. The van der Waals surface area contributed by atoms with Crippen LogP contribution in [-0.4, -0.2) is 30.3 Å². The summed E-state index contributed by atoms with van der Waals surface area (Å²) in [6, 6.07) is 9.93. The molecule has 0 aliphatic rings. The van der Waals surface area contributed by atoms with Gasteiger partial charge in [0, 0.05) is 17.6 Å². The first kappa shape index (κ1) is 16.1. The van der Waals surface area contributed by atoms with Crippen molar-refractivity contribution in [2.75, 3.05) is 13.6 Å². The molecule has 2 aromatic rings. The van der Waals surface area contributed by atoms with Crippen molar-refractivity contribution in [2.24, 2.45) is 0 Å². The van der Waals surface area contributed by atoms with Crippen molar-refractivity contribution in [3.63, 3.8) is 0 Å². The highest BCUT2D eigenvalue weighted by Crippen LogP contribution is 2.18. The summed E-state index contributed by atoms with van der Waals surface area (Å²) in [5, 5.41) is 3.06. The summed E-state index contributed by atoms with van der Waals surface area (Å²) in [7, 11) is 1.67. The van der Waals surface area contributed by atoms with Gasteiger partial charge in [0.2, 0.25) is 5.91 Å². The number of likely N-dealkylation sites (N-methyl/N-ethyl adjacent to an activating group) is 1. The first-order chi connectivity index (χ1) is 10.5. The molecule has 0 fully saturated rings. The zero-order chi connectivity index (χ0) is 16.1. The van der Waals surface area contributed by atoms with Crippen LogP contribution in [0.2, 0.25) is 5.02 Å². The van der Waals surface area contributed by atoms with E-state index in [0.717, 1.165) is 0 Å². The number of benzene rings is 1. The van der Waals surface area contributed by atoms with Crippen LogP contribution in [0.25, 0.3) is 0 Å². The van der Waals surface area contributed by atoms with E-state index in [-0.39, 0.29) is 24.4 Å². The van der Waals surface area contributed by atoms with E-state index in [2.05, 4.69) is 5.32 Å². The van der Waals surface area contributed by atoms with Crippen LogP contribution in [0.5, 0.6) is 0 Å². The number of nitrogens with zero attached hydrogens (tertiary/aromatic N) is 1. The lowest BCUT2D eigenvalue weighted by atomic mass is 10.2. The Labute approximate surface area is 133 Å². The molecule has 0 radical (unpaired) electrons. The summed E-state index contributed by atoms with van der Waals surface area (Å²) in [5.41, 5.74) is 0.419. The number of furan rings is 1. The molecule has 116 valence electrons. The fourth-order valence-electron chi connectivity index (χ4n) is 1.95. The Hall–Kier alpha value is -2.27. The summed E-state index contributed by atoms with van der Waals surface area (Å²) in [6.45, 7) is 1.77. The number of rotatable bonds is 5. The number of nitrogens with one attached hydrogen (secondary N) is 1. The van der Waals surface area contributed by atoms with E-state index in [1.165, 1.54) is 4.90 Å². The van der Waals surface area contributed by atoms with Gasteiger partial charge in [-0.2, -0.15) is 0 Å². The number of hydrogen-bond donors (Lipinski definition) is 1. The van der Waals surface area contributed by atoms with E-state index in [1.807, 2.05) is 6.92 Å². The van der Waals surface area contributed by atoms with Crippen molar-refractivity contribution in [1.29, 1.82) is 0 Å². The van der Waals surface area contributed by atoms with Crippen molar-refractivity contribution in [2.45, 2.75) is 13.0 Å². The Morgan fingerprint density at radius 3 is 2.73 bits per heavy atom. The summed E-state index contributed by atoms with van der Waals surface area (Å²) >= 11 is 5.84. The van der Waals surface area contributed by atoms with E-state index in [1.54, 1.807) is 49.7 Å². The molecule has 1 atom stereocenters. The largest absolute Gasteiger partial charge is 0.467 e. The third kappa shape index (κ3) is 3.89. The zero-order valence-electron chi connectivity index (χ0n) is 12.4. The zero-order valence-corrected chi connectivity index (χ0v) is 13.1. The Morgan fingerprint density at radius 2 is 2.09 bits per heavy atom. The van der Waals surface area contributed by atoms with Crippen LogP contribution in [0.4, 0.5) is 0 Å². The van der Waals surface area contributed by atoms with E-state index in [9.17, 15) is 9.59 Å². The molecule has 0 saturated carbocycles. The molecule has 1 heterocycles. The van der Waals surface area contributed by atoms with Gasteiger partial charge in [-0.3, -0.25) is 9.59 Å². The molecule has 2 amide bonds. The van der Waals surface area contributed by atoms with Gasteiger partial charge in [0.25, 0.3) is 5.91 Å². The minimum Gasteiger partial charge on any atom is -0.467 e. The maximum absolute atomic E-state index is 12.1. The first-order valence-corrected chi connectivity index (χ1v) is 7.19. The SMILES string of the molecule is CC(c1ccco1)N(C)C(=O)CNC(=O)c1cccc(Cl)c1. The molecular weight excluding hydrogens is 304 g/mol. The fourth-order valence-corrected chi connectivity index (χ4v) is 2.14. The first-order valence-electron chi connectivity index (χ1n) is 6.82. The van der Waals surface area contributed by atoms with Gasteiger partial charge in [0.05, 0.1) is 18.8 Å². The average Bonchev–Trinajstić information content (AvgIpc) is 3.05. The normalized spacial score (nSPS) is 11.8. The lowest BCUT2D eigenvalue weighted by Crippen LogP contribution is -2.39. The smallest absolute Gasteiger partial charge is 0.251 e. The number of halogens is 1. The minimum absolute atomic E-state index is 0.0904. The van der Waals surface area contributed by atoms with Crippen molar-refractivity contribution in [3.05, 3.63) is 59.0 Å². The summed E-state index contributed by atoms with van der Waals surface area (Å²) in [4.78, 5) is 25.6. The molecule has 0 bridgehead atoms. The van der Waals surface area contributed by atoms with Crippen LogP contribution in [0.3, 0.4) is 0 Å². The van der Waals surface area contributed by atoms with Crippen LogP contribution in [-0.2, 0) is 4.79 Å². The van der Waals surface area contributed by atoms with Crippen molar-refractivity contribution >= 4 is 23.4 Å². The lowest BCUT2D eigenvalue weighted by molar-refractivity contribution is -0.131. The Morgan fingerprint density at radius 1 is 1.32 bits per heavy atom. The fraction of sp³-hybridized carbons (Fsp3) is 0.250. The van der Waals surface area contributed by atoms with E-state index < -0.39 is 0 Å². The molecule has 1 aromatic heterocycles. The molecule has 5 nitrogen and oxygen atoms in total. The molecule has 1 unspecified atom stereocenters. The second kappa shape index (κ2) is 7.13. The number of carbonyl (C=O) groups excluding carboxylic acids is 2. The van der Waals surface area contributed by atoms with Crippen LogP contribution in [0, 0.1) is 0 Å². The average molecular weight is 321 g/mol. The monoisotopic (exact) mass is 320 g/mol. The van der Waals surface area contributed by atoms with Gasteiger partial charge >= 0.3 is 0 Å². The molecule has 1 aromatic carbocycles. The number of hydrogen-bond acceptors (Lipinski definition) is 3. The van der Waals surface area contributed by atoms with Gasteiger partial charge in [-0.1, -0.05) is 17.7 Å². The summed E-state index contributed by atoms with van der Waals surface area (Å²) < 4.78 is 5.28. The highest BCUT2D eigenvalue weighted by atomic mass is 35.5. The molecule has 2 rings (SSSR count). The molecular formula is C16H17ClN2O3. The second-order valence-electron chi connectivity index (χ2n) is 4.89. The van der Waals surface area contributed by atoms with Gasteiger partial charge < -0.3 is 14.6 Å². The van der Waals surface area contributed by atoms with Crippen LogP contribution >= 0.6 is 11.6 Å². The van der Waals surface area contributed by atoms with Crippen molar-refractivity contribution in [1.82, 2.24) is 10.2 Å². The molecule has 0 aliphatic carbocycles. The quantitative estimate of drug-likeness (QED) is 0.921. The Balaban J connectivity index is 1.91. The lowest BCUT2D eigenvalue weighted by Gasteiger charge is -2.23. The predicted molar refractivity (Wildman–Crippen MR) is 83.7 cm³/mol. The topological polar surface area (TPSA) is 62.6 Å². The van der Waals surface area contributed by atoms with Gasteiger partial charge in [-0.05, 0) is 37.3 Å². The second-order valence-corrected chi connectivity index (χ2v) is 5.33. The molecule has 0 aliphatic heterocycles. The van der Waals surface area contributed by atoms with Gasteiger partial charge in [0.1, 0.15) is 5.76 Å². The van der Waals surface area contributed by atoms with Crippen molar-refractivity contribution in [3.8, 4) is 0 Å². The maximum atomic E-state index is 12.1. The standard InChI is InChI=1S/C16H17ClN2O3/c1-11(14-7-4-8-22-14)19(2)15(20)10-18-16(21)12-5-3-6-13(17)9-12/h3-9,11H,10H2,1-2H3,(H,18,21).